The van der Waals surface area contributed by atoms with E-state index in [0.717, 1.165) is 39.3 Å². The molecule has 2 N–H and O–H groups in total. The van der Waals surface area contributed by atoms with Gasteiger partial charge in [0.25, 0.3) is 11.6 Å². The van der Waals surface area contributed by atoms with E-state index in [4.69, 9.17) is 0 Å². The van der Waals surface area contributed by atoms with Crippen LogP contribution >= 0.6 is 0 Å². The highest BCUT2D eigenvalue weighted by Crippen LogP contribution is 2.13. The number of non-ortho nitro benzene ring substituents is 1. The zero-order chi connectivity index (χ0) is 22.9. The summed E-state index contributed by atoms with van der Waals surface area (Å²) >= 11 is 0. The minimum atomic E-state index is -0.746. The van der Waals surface area contributed by atoms with E-state index in [2.05, 4.69) is 44.7 Å². The van der Waals surface area contributed by atoms with Gasteiger partial charge < -0.3 is 10.6 Å². The molecule has 32 heavy (non-hydrogen) atoms. The third kappa shape index (κ3) is 6.86. The number of hydrogen-bond acceptors (Lipinski definition) is 6. The van der Waals surface area contributed by atoms with Crippen LogP contribution in [0.5, 0.6) is 0 Å². The molecule has 170 valence electrons. The molecule has 2 aromatic rings. The maximum atomic E-state index is 12.3. The molecule has 3 rings (SSSR count). The van der Waals surface area contributed by atoms with Gasteiger partial charge in [-0.3, -0.25) is 29.5 Å². The molecule has 2 amide bonds. The Hall–Kier alpha value is -3.30. The van der Waals surface area contributed by atoms with Crippen LogP contribution in [0.25, 0.3) is 0 Å². The van der Waals surface area contributed by atoms with Crippen molar-refractivity contribution in [2.75, 3.05) is 39.3 Å². The lowest BCUT2D eigenvalue weighted by Gasteiger charge is -2.34. The van der Waals surface area contributed by atoms with E-state index in [1.54, 1.807) is 6.92 Å². The van der Waals surface area contributed by atoms with Crippen LogP contribution in [-0.2, 0) is 11.3 Å². The second-order valence-corrected chi connectivity index (χ2v) is 7.90. The van der Waals surface area contributed by atoms with Crippen molar-refractivity contribution in [3.8, 4) is 0 Å². The van der Waals surface area contributed by atoms with Gasteiger partial charge in [0.1, 0.15) is 6.04 Å². The number of rotatable bonds is 9. The zero-order valence-electron chi connectivity index (χ0n) is 18.2. The molecule has 1 aliphatic rings. The monoisotopic (exact) mass is 439 g/mol. The standard InChI is InChI=1S/C23H29N5O4/c1-18(25-23(30)20-8-5-9-21(16-20)28(31)32)22(29)24-10-11-26-12-14-27(15-13-26)17-19-6-3-2-4-7-19/h2-9,16,18H,10-15,17H2,1H3,(H,24,29)(H,25,30). The molecule has 0 saturated carbocycles. The largest absolute Gasteiger partial charge is 0.353 e. The van der Waals surface area contributed by atoms with Crippen LogP contribution in [-0.4, -0.2) is 71.8 Å². The van der Waals surface area contributed by atoms with Gasteiger partial charge in [-0.25, -0.2) is 0 Å². The van der Waals surface area contributed by atoms with E-state index in [0.29, 0.717) is 6.54 Å². The Labute approximate surface area is 187 Å². The van der Waals surface area contributed by atoms with E-state index in [1.165, 1.54) is 29.8 Å². The summed E-state index contributed by atoms with van der Waals surface area (Å²) in [5, 5.41) is 16.3. The van der Waals surface area contributed by atoms with Gasteiger partial charge in [0.05, 0.1) is 4.92 Å². The predicted octanol–water partition coefficient (Wildman–Crippen LogP) is 1.65. The number of amides is 2. The molecule has 0 bridgehead atoms. The molecule has 9 heteroatoms. The Balaban J connectivity index is 1.35. The Morgan fingerprint density at radius 2 is 1.72 bits per heavy atom. The Morgan fingerprint density at radius 1 is 1.03 bits per heavy atom. The molecule has 9 nitrogen and oxygen atoms in total. The number of benzene rings is 2. The molecule has 1 unspecified atom stereocenters. The van der Waals surface area contributed by atoms with Crippen LogP contribution in [0.3, 0.4) is 0 Å². The summed E-state index contributed by atoms with van der Waals surface area (Å²) < 4.78 is 0. The van der Waals surface area contributed by atoms with Crippen molar-refractivity contribution in [3.63, 3.8) is 0 Å². The molecule has 2 aromatic carbocycles. The van der Waals surface area contributed by atoms with Crippen molar-refractivity contribution in [3.05, 3.63) is 75.8 Å². The van der Waals surface area contributed by atoms with Crippen molar-refractivity contribution in [1.29, 1.82) is 0 Å². The van der Waals surface area contributed by atoms with Gasteiger partial charge in [0.15, 0.2) is 0 Å². The van der Waals surface area contributed by atoms with Gasteiger partial charge in [-0.05, 0) is 18.6 Å². The van der Waals surface area contributed by atoms with Crippen molar-refractivity contribution in [1.82, 2.24) is 20.4 Å². The van der Waals surface area contributed by atoms with Crippen LogP contribution in [0.2, 0.25) is 0 Å². The van der Waals surface area contributed by atoms with E-state index in [9.17, 15) is 19.7 Å². The summed E-state index contributed by atoms with van der Waals surface area (Å²) in [5.74, 6) is -0.808. The lowest BCUT2D eigenvalue weighted by molar-refractivity contribution is -0.384. The van der Waals surface area contributed by atoms with E-state index in [1.807, 2.05) is 6.07 Å². The zero-order valence-corrected chi connectivity index (χ0v) is 18.2. The first-order valence-corrected chi connectivity index (χ1v) is 10.7. The second kappa shape index (κ2) is 11.4. The first kappa shape index (κ1) is 23.4. The molecule has 1 saturated heterocycles. The molecule has 1 atom stereocenters. The molecule has 0 spiro atoms. The SMILES string of the molecule is CC(NC(=O)c1cccc([N+](=O)[O-])c1)C(=O)NCCN1CCN(Cc2ccccc2)CC1. The third-order valence-corrected chi connectivity index (χ3v) is 5.50. The summed E-state index contributed by atoms with van der Waals surface area (Å²) in [7, 11) is 0. The summed E-state index contributed by atoms with van der Waals surface area (Å²) in [4.78, 5) is 39.6. The number of piperazine rings is 1. The topological polar surface area (TPSA) is 108 Å². The third-order valence-electron chi connectivity index (χ3n) is 5.50. The second-order valence-electron chi connectivity index (χ2n) is 7.90. The van der Waals surface area contributed by atoms with Crippen LogP contribution in [0.4, 0.5) is 5.69 Å². The number of carbonyl (C=O) groups is 2. The van der Waals surface area contributed by atoms with Gasteiger partial charge in [0, 0.05) is 63.5 Å². The van der Waals surface area contributed by atoms with Gasteiger partial charge in [-0.1, -0.05) is 36.4 Å². The van der Waals surface area contributed by atoms with Crippen LogP contribution in [0.1, 0.15) is 22.8 Å². The first-order chi connectivity index (χ1) is 15.4. The maximum Gasteiger partial charge on any atom is 0.270 e. The number of nitrogens with one attached hydrogen (secondary N) is 2. The molecule has 0 aliphatic carbocycles. The maximum absolute atomic E-state index is 12.3. The van der Waals surface area contributed by atoms with Crippen molar-refractivity contribution < 1.29 is 14.5 Å². The average Bonchev–Trinajstić information content (AvgIpc) is 2.80. The molecule has 0 radical (unpaired) electrons. The Bertz CT molecular complexity index is 929. The number of nitro groups is 1. The lowest BCUT2D eigenvalue weighted by Crippen LogP contribution is -2.50. The minimum Gasteiger partial charge on any atom is -0.353 e. The van der Waals surface area contributed by atoms with Crippen LogP contribution < -0.4 is 10.6 Å². The Kier molecular flexibility index (Phi) is 8.29. The van der Waals surface area contributed by atoms with Crippen molar-refractivity contribution in [2.45, 2.75) is 19.5 Å². The fourth-order valence-corrected chi connectivity index (χ4v) is 3.61. The van der Waals surface area contributed by atoms with Crippen molar-refractivity contribution in [2.24, 2.45) is 0 Å². The highest BCUT2D eigenvalue weighted by Gasteiger charge is 2.20. The first-order valence-electron chi connectivity index (χ1n) is 10.7. The summed E-state index contributed by atoms with van der Waals surface area (Å²) in [5.41, 5.74) is 1.29. The van der Waals surface area contributed by atoms with Gasteiger partial charge in [-0.15, -0.1) is 0 Å². The molecule has 1 aliphatic heterocycles. The van der Waals surface area contributed by atoms with Gasteiger partial charge in [0.2, 0.25) is 5.91 Å². The fourth-order valence-electron chi connectivity index (χ4n) is 3.61. The molecule has 1 fully saturated rings. The molecular weight excluding hydrogens is 410 g/mol. The predicted molar refractivity (Wildman–Crippen MR) is 121 cm³/mol. The van der Waals surface area contributed by atoms with E-state index >= 15 is 0 Å². The average molecular weight is 440 g/mol. The summed E-state index contributed by atoms with van der Waals surface area (Å²) in [6, 6.07) is 15.1. The van der Waals surface area contributed by atoms with Crippen LogP contribution in [0.15, 0.2) is 54.6 Å². The Morgan fingerprint density at radius 3 is 2.41 bits per heavy atom. The number of nitro benzene ring substituents is 1. The summed E-state index contributed by atoms with van der Waals surface area (Å²) in [6.45, 7) is 7.64. The number of carbonyl (C=O) groups excluding carboxylic acids is 2. The smallest absolute Gasteiger partial charge is 0.270 e. The normalized spacial score (nSPS) is 15.7. The van der Waals surface area contributed by atoms with Crippen molar-refractivity contribution >= 4 is 17.5 Å². The number of nitrogens with zero attached hydrogens (tertiary/aromatic N) is 3. The van der Waals surface area contributed by atoms with Gasteiger partial charge >= 0.3 is 0 Å². The highest BCUT2D eigenvalue weighted by molar-refractivity contribution is 5.97. The minimum absolute atomic E-state index is 0.146. The fraction of sp³-hybridized carbons (Fsp3) is 0.391. The molecule has 1 heterocycles. The van der Waals surface area contributed by atoms with Gasteiger partial charge in [-0.2, -0.15) is 0 Å². The highest BCUT2D eigenvalue weighted by atomic mass is 16.6. The molecular formula is C23H29N5O4. The summed E-state index contributed by atoms with van der Waals surface area (Å²) in [6.07, 6.45) is 0. The van der Waals surface area contributed by atoms with E-state index < -0.39 is 16.9 Å². The molecule has 0 aromatic heterocycles. The van der Waals surface area contributed by atoms with E-state index in [-0.39, 0.29) is 17.2 Å². The quantitative estimate of drug-likeness (QED) is 0.454. The van der Waals surface area contributed by atoms with Crippen LogP contribution in [0, 0.1) is 10.1 Å². The number of hydrogen-bond donors (Lipinski definition) is 2. The lowest BCUT2D eigenvalue weighted by atomic mass is 10.1.